The van der Waals surface area contributed by atoms with E-state index < -0.39 is 0 Å². The van der Waals surface area contributed by atoms with Crippen molar-refractivity contribution >= 4 is 40.5 Å². The van der Waals surface area contributed by atoms with Crippen LogP contribution in [-0.2, 0) is 6.42 Å². The molecule has 0 unspecified atom stereocenters. The van der Waals surface area contributed by atoms with Gasteiger partial charge in [0.15, 0.2) is 0 Å². The Kier molecular flexibility index (Phi) is 2.51. The molecule has 0 heterocycles. The summed E-state index contributed by atoms with van der Waals surface area (Å²) in [4.78, 5) is 0. The van der Waals surface area contributed by atoms with Gasteiger partial charge in [-0.05, 0) is 41.8 Å². The van der Waals surface area contributed by atoms with E-state index in [9.17, 15) is 0 Å². The summed E-state index contributed by atoms with van der Waals surface area (Å²) in [6, 6.07) is 7.35. The van der Waals surface area contributed by atoms with Crippen LogP contribution in [0.4, 0.5) is 5.69 Å². The zero-order valence-corrected chi connectivity index (χ0v) is 11.0. The number of anilines is 1. The van der Waals surface area contributed by atoms with E-state index >= 15 is 0 Å². The van der Waals surface area contributed by atoms with Crippen molar-refractivity contribution in [1.29, 1.82) is 0 Å². The fourth-order valence-corrected chi connectivity index (χ4v) is 3.26. The van der Waals surface area contributed by atoms with Crippen LogP contribution in [0.5, 0.6) is 0 Å². The molecule has 2 aromatic carbocycles. The van der Waals surface area contributed by atoms with Crippen LogP contribution in [0.2, 0.25) is 15.1 Å². The van der Waals surface area contributed by atoms with Crippen molar-refractivity contribution in [1.82, 2.24) is 0 Å². The van der Waals surface area contributed by atoms with E-state index in [-0.39, 0.29) is 0 Å². The SMILES string of the molecule is Nc1cc(Cl)cc2c1-c1c(Cl)cc(Cl)cc1C2. The first kappa shape index (κ1) is 11.2. The number of hydrogen-bond donors (Lipinski definition) is 1. The number of rotatable bonds is 0. The lowest BCUT2D eigenvalue weighted by Gasteiger charge is -2.08. The Morgan fingerprint density at radius 2 is 1.41 bits per heavy atom. The Hall–Kier alpha value is -0.890. The van der Waals surface area contributed by atoms with Gasteiger partial charge in [-0.2, -0.15) is 0 Å². The Labute approximate surface area is 114 Å². The molecule has 1 aliphatic rings. The summed E-state index contributed by atoms with van der Waals surface area (Å²) in [6.45, 7) is 0. The highest BCUT2D eigenvalue weighted by Crippen LogP contribution is 2.46. The van der Waals surface area contributed by atoms with Crippen molar-refractivity contribution in [2.75, 3.05) is 5.73 Å². The van der Waals surface area contributed by atoms with E-state index in [0.717, 1.165) is 28.7 Å². The van der Waals surface area contributed by atoms with Crippen molar-refractivity contribution in [2.45, 2.75) is 6.42 Å². The first-order chi connectivity index (χ1) is 8.06. The summed E-state index contributed by atoms with van der Waals surface area (Å²) in [5, 5.41) is 1.93. The molecule has 0 spiro atoms. The van der Waals surface area contributed by atoms with E-state index in [1.165, 1.54) is 0 Å². The summed E-state index contributed by atoms with van der Waals surface area (Å²) in [6.07, 6.45) is 0.774. The third kappa shape index (κ3) is 1.70. The fraction of sp³-hybridized carbons (Fsp3) is 0.0769. The molecule has 86 valence electrons. The maximum absolute atomic E-state index is 6.24. The molecular formula is C13H8Cl3N. The molecule has 3 rings (SSSR count). The number of halogens is 3. The first-order valence-corrected chi connectivity index (χ1v) is 6.26. The highest BCUT2D eigenvalue weighted by atomic mass is 35.5. The number of fused-ring (bicyclic) bond motifs is 3. The van der Waals surface area contributed by atoms with Gasteiger partial charge in [-0.3, -0.25) is 0 Å². The number of hydrogen-bond acceptors (Lipinski definition) is 1. The van der Waals surface area contributed by atoms with Crippen LogP contribution in [0.3, 0.4) is 0 Å². The molecule has 0 aromatic heterocycles. The molecule has 1 nitrogen and oxygen atoms in total. The van der Waals surface area contributed by atoms with Crippen molar-refractivity contribution < 1.29 is 0 Å². The van der Waals surface area contributed by atoms with E-state index in [1.807, 2.05) is 12.1 Å². The maximum Gasteiger partial charge on any atom is 0.0502 e. The van der Waals surface area contributed by atoms with Gasteiger partial charge in [-0.1, -0.05) is 34.8 Å². The van der Waals surface area contributed by atoms with Crippen molar-refractivity contribution in [3.63, 3.8) is 0 Å². The minimum Gasteiger partial charge on any atom is -0.398 e. The van der Waals surface area contributed by atoms with Crippen molar-refractivity contribution in [2.24, 2.45) is 0 Å². The predicted molar refractivity (Wildman–Crippen MR) is 74.1 cm³/mol. The fourth-order valence-electron chi connectivity index (χ4n) is 2.38. The first-order valence-electron chi connectivity index (χ1n) is 5.12. The van der Waals surface area contributed by atoms with Crippen LogP contribution in [0, 0.1) is 0 Å². The van der Waals surface area contributed by atoms with Crippen LogP contribution in [0.15, 0.2) is 24.3 Å². The average molecular weight is 285 g/mol. The zero-order valence-electron chi connectivity index (χ0n) is 8.73. The highest BCUT2D eigenvalue weighted by Gasteiger charge is 2.24. The van der Waals surface area contributed by atoms with E-state index in [2.05, 4.69) is 0 Å². The molecule has 1 aliphatic carbocycles. The Balaban J connectivity index is 2.35. The van der Waals surface area contributed by atoms with Gasteiger partial charge in [0, 0.05) is 26.9 Å². The van der Waals surface area contributed by atoms with Gasteiger partial charge in [0.05, 0.1) is 5.02 Å². The standard InChI is InChI=1S/C13H8Cl3N/c14-8-2-6-1-7-3-9(15)5-11(17)13(7)12(6)10(16)4-8/h2-5H,1,17H2. The molecule has 17 heavy (non-hydrogen) atoms. The van der Waals surface area contributed by atoms with Crippen LogP contribution in [0.25, 0.3) is 11.1 Å². The molecule has 0 saturated carbocycles. The third-order valence-electron chi connectivity index (χ3n) is 2.98. The Morgan fingerprint density at radius 1 is 0.824 bits per heavy atom. The maximum atomic E-state index is 6.24. The van der Waals surface area contributed by atoms with Gasteiger partial charge in [0.25, 0.3) is 0 Å². The van der Waals surface area contributed by atoms with Crippen LogP contribution in [-0.4, -0.2) is 0 Å². The van der Waals surface area contributed by atoms with Gasteiger partial charge >= 0.3 is 0 Å². The molecule has 0 atom stereocenters. The average Bonchev–Trinajstić information content (AvgIpc) is 2.55. The lowest BCUT2D eigenvalue weighted by Crippen LogP contribution is -1.91. The van der Waals surface area contributed by atoms with Crippen molar-refractivity contribution in [3.05, 3.63) is 50.5 Å². The third-order valence-corrected chi connectivity index (χ3v) is 3.72. The lowest BCUT2D eigenvalue weighted by atomic mass is 10.0. The topological polar surface area (TPSA) is 26.0 Å². The van der Waals surface area contributed by atoms with Crippen molar-refractivity contribution in [3.8, 4) is 11.1 Å². The molecule has 0 amide bonds. The minimum atomic E-state index is 0.639. The van der Waals surface area contributed by atoms with E-state index in [4.69, 9.17) is 40.5 Å². The molecular weight excluding hydrogens is 277 g/mol. The Morgan fingerprint density at radius 3 is 2.12 bits per heavy atom. The summed E-state index contributed by atoms with van der Waals surface area (Å²) in [7, 11) is 0. The summed E-state index contributed by atoms with van der Waals surface area (Å²) in [5.41, 5.74) is 10.9. The highest BCUT2D eigenvalue weighted by molar-refractivity contribution is 6.37. The van der Waals surface area contributed by atoms with E-state index in [0.29, 0.717) is 20.8 Å². The lowest BCUT2D eigenvalue weighted by molar-refractivity contribution is 1.26. The molecule has 2 N–H and O–H groups in total. The molecule has 0 radical (unpaired) electrons. The quantitative estimate of drug-likeness (QED) is 0.590. The van der Waals surface area contributed by atoms with Crippen LogP contribution in [0.1, 0.15) is 11.1 Å². The molecule has 2 aromatic rings. The summed E-state index contributed by atoms with van der Waals surface area (Å²) in [5.74, 6) is 0. The largest absolute Gasteiger partial charge is 0.398 e. The van der Waals surface area contributed by atoms with Gasteiger partial charge in [-0.25, -0.2) is 0 Å². The zero-order chi connectivity index (χ0) is 12.2. The van der Waals surface area contributed by atoms with Gasteiger partial charge in [0.1, 0.15) is 0 Å². The minimum absolute atomic E-state index is 0.639. The van der Waals surface area contributed by atoms with Gasteiger partial charge < -0.3 is 5.73 Å². The Bertz CT molecular complexity index is 580. The van der Waals surface area contributed by atoms with Gasteiger partial charge in [0.2, 0.25) is 0 Å². The smallest absolute Gasteiger partial charge is 0.0502 e. The molecule has 0 aliphatic heterocycles. The van der Waals surface area contributed by atoms with E-state index in [1.54, 1.807) is 12.1 Å². The second-order valence-electron chi connectivity index (χ2n) is 4.13. The molecule has 0 bridgehead atoms. The summed E-state index contributed by atoms with van der Waals surface area (Å²) < 4.78 is 0. The molecule has 0 fully saturated rings. The van der Waals surface area contributed by atoms with Gasteiger partial charge in [-0.15, -0.1) is 0 Å². The number of benzene rings is 2. The second-order valence-corrected chi connectivity index (χ2v) is 5.41. The monoisotopic (exact) mass is 283 g/mol. The second kappa shape index (κ2) is 3.81. The van der Waals surface area contributed by atoms with Crippen LogP contribution < -0.4 is 5.73 Å². The number of nitrogens with two attached hydrogens (primary N) is 1. The predicted octanol–water partition coefficient (Wildman–Crippen LogP) is 4.80. The molecule has 0 saturated heterocycles. The van der Waals surface area contributed by atoms with Crippen LogP contribution >= 0.6 is 34.8 Å². The summed E-state index contributed by atoms with van der Waals surface area (Å²) >= 11 is 18.2. The molecule has 4 heteroatoms. The number of nitrogen functional groups attached to an aromatic ring is 1. The normalized spacial score (nSPS) is 12.4.